The molecular formula is C25H22Cl2N4O2S2. The van der Waals surface area contributed by atoms with Gasteiger partial charge in [-0.3, -0.25) is 4.68 Å². The van der Waals surface area contributed by atoms with Gasteiger partial charge in [0.2, 0.25) is 0 Å². The fraction of sp³-hybridized carbons (Fsp3) is 0.160. The van der Waals surface area contributed by atoms with E-state index in [0.29, 0.717) is 38.0 Å². The number of anilines is 2. The molecule has 0 saturated heterocycles. The number of ether oxygens (including phenoxy) is 1. The minimum absolute atomic E-state index is 0.280. The highest BCUT2D eigenvalue weighted by molar-refractivity contribution is 7.80. The zero-order chi connectivity index (χ0) is 24.9. The molecule has 10 heteroatoms. The Morgan fingerprint density at radius 2 is 1.91 bits per heavy atom. The van der Waals surface area contributed by atoms with E-state index in [4.69, 9.17) is 40.2 Å². The molecule has 4 rings (SSSR count). The average Bonchev–Trinajstić information content (AvgIpc) is 3.40. The molecule has 2 N–H and O–H groups in total. The lowest BCUT2D eigenvalue weighted by Crippen LogP contribution is -2.20. The number of nitrogens with one attached hydrogen (secondary N) is 2. The summed E-state index contributed by atoms with van der Waals surface area (Å²) in [5, 5.41) is 12.6. The minimum atomic E-state index is -0.393. The van der Waals surface area contributed by atoms with Crippen molar-refractivity contribution in [3.8, 4) is 11.1 Å². The summed E-state index contributed by atoms with van der Waals surface area (Å²) in [5.74, 6) is -0.393. The molecule has 0 fully saturated rings. The average molecular weight is 546 g/mol. The molecule has 0 saturated carbocycles. The molecule has 0 bridgehead atoms. The first kappa shape index (κ1) is 25.2. The number of hydrogen-bond acceptors (Lipinski definition) is 5. The second-order valence-electron chi connectivity index (χ2n) is 7.58. The quantitative estimate of drug-likeness (QED) is 0.188. The molecule has 2 aromatic heterocycles. The highest BCUT2D eigenvalue weighted by Gasteiger charge is 2.25. The van der Waals surface area contributed by atoms with E-state index in [1.807, 2.05) is 55.6 Å². The van der Waals surface area contributed by atoms with E-state index in [1.54, 1.807) is 23.9 Å². The van der Waals surface area contributed by atoms with Crippen LogP contribution in [0.1, 0.15) is 27.7 Å². The van der Waals surface area contributed by atoms with Crippen LogP contribution in [0.3, 0.4) is 0 Å². The van der Waals surface area contributed by atoms with Gasteiger partial charge in [0.1, 0.15) is 10.6 Å². The summed E-state index contributed by atoms with van der Waals surface area (Å²) < 4.78 is 7.11. The number of thiophene rings is 1. The number of rotatable bonds is 7. The zero-order valence-electron chi connectivity index (χ0n) is 19.0. The van der Waals surface area contributed by atoms with Crippen molar-refractivity contribution in [3.05, 3.63) is 87.0 Å². The number of carbonyl (C=O) groups is 1. The van der Waals surface area contributed by atoms with E-state index < -0.39 is 5.97 Å². The lowest BCUT2D eigenvalue weighted by molar-refractivity contribution is 0.0529. The summed E-state index contributed by atoms with van der Waals surface area (Å²) in [6.45, 7) is 4.57. The fourth-order valence-corrected chi connectivity index (χ4v) is 5.26. The predicted molar refractivity (Wildman–Crippen MR) is 148 cm³/mol. The molecule has 2 aromatic carbocycles. The molecule has 0 atom stereocenters. The first-order valence-electron chi connectivity index (χ1n) is 10.8. The number of thiocarbonyl (C=S) groups is 1. The molecule has 0 radical (unpaired) electrons. The molecule has 0 aliphatic heterocycles. The van der Waals surface area contributed by atoms with Gasteiger partial charge in [0.05, 0.1) is 35.1 Å². The lowest BCUT2D eigenvalue weighted by atomic mass is 10.0. The molecule has 4 aromatic rings. The Kier molecular flexibility index (Phi) is 8.07. The highest BCUT2D eigenvalue weighted by atomic mass is 35.5. The monoisotopic (exact) mass is 544 g/mol. The molecule has 2 heterocycles. The summed E-state index contributed by atoms with van der Waals surface area (Å²) in [5.41, 5.74) is 3.93. The summed E-state index contributed by atoms with van der Waals surface area (Å²) in [7, 11) is 0. The van der Waals surface area contributed by atoms with Gasteiger partial charge in [-0.2, -0.15) is 5.10 Å². The maximum atomic E-state index is 12.9. The van der Waals surface area contributed by atoms with Gasteiger partial charge < -0.3 is 15.4 Å². The number of aromatic nitrogens is 2. The number of halogens is 2. The number of nitrogens with zero attached hydrogens (tertiary/aromatic N) is 2. The molecular weight excluding hydrogens is 523 g/mol. The maximum Gasteiger partial charge on any atom is 0.341 e. The van der Waals surface area contributed by atoms with Crippen LogP contribution in [0.25, 0.3) is 11.1 Å². The van der Waals surface area contributed by atoms with Crippen LogP contribution in [0, 0.1) is 6.92 Å². The SMILES string of the molecule is CCOC(=O)c1c(NC(=S)Nc2cnn(Cc3ccc(Cl)c(Cl)c3)c2)sc(C)c1-c1ccccc1. The highest BCUT2D eigenvalue weighted by Crippen LogP contribution is 2.40. The van der Waals surface area contributed by atoms with Crippen molar-refractivity contribution in [1.29, 1.82) is 0 Å². The van der Waals surface area contributed by atoms with Crippen molar-refractivity contribution >= 4 is 68.5 Å². The third-order valence-corrected chi connectivity index (χ3v) is 7.04. The molecule has 0 aliphatic rings. The van der Waals surface area contributed by atoms with Gasteiger partial charge in [-0.25, -0.2) is 4.79 Å². The van der Waals surface area contributed by atoms with Gasteiger partial charge in [0, 0.05) is 16.6 Å². The van der Waals surface area contributed by atoms with Gasteiger partial charge in [-0.1, -0.05) is 59.6 Å². The predicted octanol–water partition coefficient (Wildman–Crippen LogP) is 7.26. The minimum Gasteiger partial charge on any atom is -0.462 e. The van der Waals surface area contributed by atoms with Crippen LogP contribution in [0.2, 0.25) is 10.0 Å². The van der Waals surface area contributed by atoms with E-state index in [-0.39, 0.29) is 6.61 Å². The van der Waals surface area contributed by atoms with Gasteiger partial charge >= 0.3 is 5.97 Å². The number of hydrogen-bond donors (Lipinski definition) is 2. The van der Waals surface area contributed by atoms with Gasteiger partial charge in [0.25, 0.3) is 0 Å². The van der Waals surface area contributed by atoms with Crippen molar-refractivity contribution < 1.29 is 9.53 Å². The van der Waals surface area contributed by atoms with Crippen LogP contribution in [-0.2, 0) is 11.3 Å². The van der Waals surface area contributed by atoms with Crippen LogP contribution in [0.5, 0.6) is 0 Å². The van der Waals surface area contributed by atoms with Crippen molar-refractivity contribution in [3.63, 3.8) is 0 Å². The fourth-order valence-electron chi connectivity index (χ4n) is 3.59. The molecule has 180 valence electrons. The number of benzene rings is 2. The molecule has 6 nitrogen and oxygen atoms in total. The van der Waals surface area contributed by atoms with Crippen molar-refractivity contribution in [2.24, 2.45) is 0 Å². The number of esters is 1. The van der Waals surface area contributed by atoms with E-state index in [9.17, 15) is 4.79 Å². The molecule has 35 heavy (non-hydrogen) atoms. The van der Waals surface area contributed by atoms with Crippen molar-refractivity contribution in [2.45, 2.75) is 20.4 Å². The van der Waals surface area contributed by atoms with Crippen LogP contribution in [0.15, 0.2) is 60.9 Å². The van der Waals surface area contributed by atoms with Crippen LogP contribution in [-0.4, -0.2) is 27.5 Å². The van der Waals surface area contributed by atoms with Crippen molar-refractivity contribution in [2.75, 3.05) is 17.2 Å². The Morgan fingerprint density at radius 1 is 1.14 bits per heavy atom. The third kappa shape index (κ3) is 6.02. The zero-order valence-corrected chi connectivity index (χ0v) is 22.1. The molecule has 0 unspecified atom stereocenters. The van der Waals surface area contributed by atoms with Gasteiger partial charge in [0.15, 0.2) is 5.11 Å². The Bertz CT molecular complexity index is 1370. The molecule has 0 amide bonds. The first-order chi connectivity index (χ1) is 16.9. The summed E-state index contributed by atoms with van der Waals surface area (Å²) >= 11 is 19.1. The van der Waals surface area contributed by atoms with Crippen LogP contribution in [0.4, 0.5) is 10.7 Å². The van der Waals surface area contributed by atoms with E-state index in [0.717, 1.165) is 21.6 Å². The second-order valence-corrected chi connectivity index (χ2v) is 10.0. The second kappa shape index (κ2) is 11.2. The smallest absolute Gasteiger partial charge is 0.341 e. The van der Waals surface area contributed by atoms with Crippen LogP contribution < -0.4 is 10.6 Å². The molecule has 0 spiro atoms. The lowest BCUT2D eigenvalue weighted by Gasteiger charge is -2.11. The van der Waals surface area contributed by atoms with Crippen molar-refractivity contribution in [1.82, 2.24) is 9.78 Å². The van der Waals surface area contributed by atoms with E-state index in [1.165, 1.54) is 11.3 Å². The number of carbonyl (C=O) groups excluding carboxylic acids is 1. The normalized spacial score (nSPS) is 10.7. The topological polar surface area (TPSA) is 68.2 Å². The van der Waals surface area contributed by atoms with Gasteiger partial charge in [-0.05, 0) is 49.3 Å². The standard InChI is InChI=1S/C25H22Cl2N4O2S2/c1-3-33-24(32)22-21(17-7-5-4-6-8-17)15(2)35-23(22)30-25(34)29-18-12-28-31(14-18)13-16-9-10-19(26)20(27)11-16/h4-12,14H,3,13H2,1-2H3,(H2,29,30,34). The summed E-state index contributed by atoms with van der Waals surface area (Å²) in [4.78, 5) is 13.9. The van der Waals surface area contributed by atoms with Crippen LogP contribution >= 0.6 is 46.8 Å². The summed E-state index contributed by atoms with van der Waals surface area (Å²) in [6, 6.07) is 15.2. The summed E-state index contributed by atoms with van der Waals surface area (Å²) in [6.07, 6.45) is 3.50. The Balaban J connectivity index is 1.51. The van der Waals surface area contributed by atoms with E-state index >= 15 is 0 Å². The first-order valence-corrected chi connectivity index (χ1v) is 12.7. The van der Waals surface area contributed by atoms with E-state index in [2.05, 4.69) is 15.7 Å². The Labute approximate surface area is 222 Å². The molecule has 0 aliphatic carbocycles. The largest absolute Gasteiger partial charge is 0.462 e. The Hall–Kier alpha value is -2.91. The van der Waals surface area contributed by atoms with Gasteiger partial charge in [-0.15, -0.1) is 11.3 Å². The third-order valence-electron chi connectivity index (χ3n) is 5.07. The Morgan fingerprint density at radius 3 is 2.63 bits per heavy atom. The maximum absolute atomic E-state index is 12.9. The number of aryl methyl sites for hydroxylation is 1.